The van der Waals surface area contributed by atoms with E-state index >= 15 is 0 Å². The molecule has 0 aliphatic carbocycles. The average molecular weight is 239 g/mol. The molecule has 0 saturated heterocycles. The maximum atomic E-state index is 9.95. The first-order chi connectivity index (χ1) is 8.13. The molecule has 0 radical (unpaired) electrons. The van der Waals surface area contributed by atoms with Crippen LogP contribution in [0, 0.1) is 0 Å². The zero-order valence-electron chi connectivity index (χ0n) is 10.7. The lowest BCUT2D eigenvalue weighted by atomic mass is 10.1. The van der Waals surface area contributed by atoms with Gasteiger partial charge in [-0.3, -0.25) is 4.98 Å². The second-order valence-electron chi connectivity index (χ2n) is 4.27. The second-order valence-corrected chi connectivity index (χ2v) is 4.27. The molecule has 0 fully saturated rings. The average Bonchev–Trinajstić information content (AvgIpc) is 2.28. The molecule has 0 amide bonds. The number of rotatable bonds is 7. The molecule has 4 heteroatoms. The van der Waals surface area contributed by atoms with Crippen LogP contribution in [-0.2, 0) is 4.74 Å². The van der Waals surface area contributed by atoms with Crippen molar-refractivity contribution in [3.63, 3.8) is 0 Å². The molecule has 0 aromatic carbocycles. The maximum Gasteiger partial charge on any atom is 0.138 e. The number of methoxy groups -OCH3 is 1. The first-order valence-corrected chi connectivity index (χ1v) is 5.92. The Morgan fingerprint density at radius 2 is 2.12 bits per heavy atom. The van der Waals surface area contributed by atoms with Crippen LogP contribution >= 0.6 is 0 Å². The Labute approximate surface area is 103 Å². The van der Waals surface area contributed by atoms with Gasteiger partial charge in [-0.1, -0.05) is 0 Å². The molecule has 1 aromatic heterocycles. The molecule has 4 nitrogen and oxygen atoms in total. The zero-order valence-corrected chi connectivity index (χ0v) is 10.7. The first-order valence-electron chi connectivity index (χ1n) is 5.92. The Morgan fingerprint density at radius 1 is 1.35 bits per heavy atom. The summed E-state index contributed by atoms with van der Waals surface area (Å²) in [4.78, 5) is 4.07. The Balaban J connectivity index is 2.57. The number of aromatic nitrogens is 1. The van der Waals surface area contributed by atoms with E-state index in [0.717, 1.165) is 12.0 Å². The standard InChI is InChI=1S/C13H21NO3/c1-10(2)17-12-7-11(8-14-9-12)13(15)5-4-6-16-3/h7-10,13,15H,4-6H2,1-3H3. The fourth-order valence-corrected chi connectivity index (χ4v) is 1.54. The molecule has 0 aliphatic rings. The molecule has 1 unspecified atom stereocenters. The predicted molar refractivity (Wildman–Crippen MR) is 66.1 cm³/mol. The van der Waals surface area contributed by atoms with Crippen LogP contribution in [0.15, 0.2) is 18.5 Å². The Bertz CT molecular complexity index is 328. The van der Waals surface area contributed by atoms with Crippen molar-refractivity contribution < 1.29 is 14.6 Å². The minimum atomic E-state index is -0.506. The van der Waals surface area contributed by atoms with Crippen molar-refractivity contribution in [3.05, 3.63) is 24.0 Å². The van der Waals surface area contributed by atoms with Gasteiger partial charge < -0.3 is 14.6 Å². The van der Waals surface area contributed by atoms with E-state index in [4.69, 9.17) is 9.47 Å². The summed E-state index contributed by atoms with van der Waals surface area (Å²) >= 11 is 0. The van der Waals surface area contributed by atoms with Gasteiger partial charge in [0, 0.05) is 25.5 Å². The Morgan fingerprint density at radius 3 is 2.76 bits per heavy atom. The normalized spacial score (nSPS) is 12.8. The second kappa shape index (κ2) is 7.25. The largest absolute Gasteiger partial charge is 0.489 e. The summed E-state index contributed by atoms with van der Waals surface area (Å²) in [5, 5.41) is 9.95. The lowest BCUT2D eigenvalue weighted by Crippen LogP contribution is -2.07. The molecule has 1 N–H and O–H groups in total. The van der Waals surface area contributed by atoms with Crippen LogP contribution in [0.3, 0.4) is 0 Å². The van der Waals surface area contributed by atoms with Crippen LogP contribution in [0.25, 0.3) is 0 Å². The molecule has 0 bridgehead atoms. The van der Waals surface area contributed by atoms with Crippen LogP contribution in [0.5, 0.6) is 5.75 Å². The van der Waals surface area contributed by atoms with Crippen molar-refractivity contribution in [2.45, 2.75) is 38.9 Å². The van der Waals surface area contributed by atoms with Crippen LogP contribution in [0.1, 0.15) is 38.4 Å². The van der Waals surface area contributed by atoms with Crippen molar-refractivity contribution in [1.82, 2.24) is 4.98 Å². The van der Waals surface area contributed by atoms with Gasteiger partial charge in [0.15, 0.2) is 0 Å². The van der Waals surface area contributed by atoms with Crippen molar-refractivity contribution in [2.75, 3.05) is 13.7 Å². The van der Waals surface area contributed by atoms with E-state index in [2.05, 4.69) is 4.98 Å². The SMILES string of the molecule is COCCCC(O)c1cncc(OC(C)C)c1. The molecule has 96 valence electrons. The fourth-order valence-electron chi connectivity index (χ4n) is 1.54. The molecule has 17 heavy (non-hydrogen) atoms. The van der Waals surface area contributed by atoms with Gasteiger partial charge in [0.25, 0.3) is 0 Å². The van der Waals surface area contributed by atoms with Crippen molar-refractivity contribution >= 4 is 0 Å². The van der Waals surface area contributed by atoms with E-state index < -0.39 is 6.10 Å². The molecule has 0 aliphatic heterocycles. The highest BCUT2D eigenvalue weighted by molar-refractivity contribution is 5.25. The molecular weight excluding hydrogens is 218 g/mol. The van der Waals surface area contributed by atoms with E-state index in [1.54, 1.807) is 19.5 Å². The van der Waals surface area contributed by atoms with Crippen LogP contribution in [-0.4, -0.2) is 29.9 Å². The summed E-state index contributed by atoms with van der Waals surface area (Å²) < 4.78 is 10.5. The number of nitrogens with zero attached hydrogens (tertiary/aromatic N) is 1. The van der Waals surface area contributed by atoms with Crippen LogP contribution < -0.4 is 4.74 Å². The summed E-state index contributed by atoms with van der Waals surface area (Å²) in [6.45, 7) is 4.58. The fraction of sp³-hybridized carbons (Fsp3) is 0.615. The Hall–Kier alpha value is -1.13. The molecule has 0 saturated carbocycles. The van der Waals surface area contributed by atoms with Crippen molar-refractivity contribution in [1.29, 1.82) is 0 Å². The number of hydrogen-bond acceptors (Lipinski definition) is 4. The van der Waals surface area contributed by atoms with E-state index in [0.29, 0.717) is 18.8 Å². The quantitative estimate of drug-likeness (QED) is 0.742. The third-order valence-electron chi connectivity index (χ3n) is 2.32. The van der Waals surface area contributed by atoms with Gasteiger partial charge >= 0.3 is 0 Å². The molecule has 1 atom stereocenters. The summed E-state index contributed by atoms with van der Waals surface area (Å²) in [5.41, 5.74) is 0.791. The lowest BCUT2D eigenvalue weighted by Gasteiger charge is -2.13. The molecule has 0 spiro atoms. The highest BCUT2D eigenvalue weighted by atomic mass is 16.5. The van der Waals surface area contributed by atoms with Crippen molar-refractivity contribution in [2.24, 2.45) is 0 Å². The number of aliphatic hydroxyl groups is 1. The molecular formula is C13H21NO3. The van der Waals surface area contributed by atoms with Crippen LogP contribution in [0.2, 0.25) is 0 Å². The van der Waals surface area contributed by atoms with E-state index in [9.17, 15) is 5.11 Å². The van der Waals surface area contributed by atoms with Gasteiger partial charge in [-0.2, -0.15) is 0 Å². The number of ether oxygens (including phenoxy) is 2. The predicted octanol–water partition coefficient (Wildman–Crippen LogP) is 2.33. The minimum absolute atomic E-state index is 0.109. The third-order valence-corrected chi connectivity index (χ3v) is 2.32. The van der Waals surface area contributed by atoms with E-state index in [-0.39, 0.29) is 6.10 Å². The van der Waals surface area contributed by atoms with Gasteiger partial charge in [-0.05, 0) is 32.8 Å². The summed E-state index contributed by atoms with van der Waals surface area (Å²) in [6.07, 6.45) is 4.43. The summed E-state index contributed by atoms with van der Waals surface area (Å²) in [7, 11) is 1.66. The van der Waals surface area contributed by atoms with Gasteiger partial charge in [-0.15, -0.1) is 0 Å². The monoisotopic (exact) mass is 239 g/mol. The highest BCUT2D eigenvalue weighted by Crippen LogP contribution is 2.21. The van der Waals surface area contributed by atoms with Gasteiger partial charge in [0.1, 0.15) is 5.75 Å². The summed E-state index contributed by atoms with van der Waals surface area (Å²) in [6, 6.07) is 1.84. The van der Waals surface area contributed by atoms with Gasteiger partial charge in [0.2, 0.25) is 0 Å². The van der Waals surface area contributed by atoms with E-state index in [1.165, 1.54) is 0 Å². The number of aliphatic hydroxyl groups excluding tert-OH is 1. The number of hydrogen-bond donors (Lipinski definition) is 1. The van der Waals surface area contributed by atoms with Crippen LogP contribution in [0.4, 0.5) is 0 Å². The van der Waals surface area contributed by atoms with Gasteiger partial charge in [0.05, 0.1) is 18.4 Å². The minimum Gasteiger partial charge on any atom is -0.489 e. The lowest BCUT2D eigenvalue weighted by molar-refractivity contribution is 0.135. The van der Waals surface area contributed by atoms with E-state index in [1.807, 2.05) is 19.9 Å². The molecule has 1 rings (SSSR count). The van der Waals surface area contributed by atoms with Crippen molar-refractivity contribution in [3.8, 4) is 5.75 Å². The first kappa shape index (κ1) is 13.9. The summed E-state index contributed by atoms with van der Waals surface area (Å²) in [5.74, 6) is 0.697. The van der Waals surface area contributed by atoms with Gasteiger partial charge in [-0.25, -0.2) is 0 Å². The molecule has 1 heterocycles. The molecule has 1 aromatic rings. The smallest absolute Gasteiger partial charge is 0.138 e. The number of pyridine rings is 1. The third kappa shape index (κ3) is 5.15. The topological polar surface area (TPSA) is 51.6 Å². The maximum absolute atomic E-state index is 9.95. The highest BCUT2D eigenvalue weighted by Gasteiger charge is 2.09. The zero-order chi connectivity index (χ0) is 12.7. The Kier molecular flexibility index (Phi) is 5.94.